The molecule has 0 spiro atoms. The summed E-state index contributed by atoms with van der Waals surface area (Å²) in [6.45, 7) is 0. The maximum atomic E-state index is 11.5. The fraction of sp³-hybridized carbons (Fsp3) is 0.778. The number of hydrogen-bond donors (Lipinski definition) is 0. The van der Waals surface area contributed by atoms with Crippen molar-refractivity contribution in [3.63, 3.8) is 0 Å². The number of carbonyl (C=O) groups is 2. The van der Waals surface area contributed by atoms with Crippen LogP contribution in [0.5, 0.6) is 0 Å². The topological polar surface area (TPSA) is 43.4 Å². The molecule has 1 aliphatic heterocycles. The van der Waals surface area contributed by atoms with Crippen molar-refractivity contribution < 1.29 is 14.3 Å². The quantitative estimate of drug-likeness (QED) is 0.493. The highest BCUT2D eigenvalue weighted by atomic mass is 16.6. The Hall–Kier alpha value is -0.860. The van der Waals surface area contributed by atoms with Crippen molar-refractivity contribution in [2.75, 3.05) is 0 Å². The highest BCUT2D eigenvalue weighted by Gasteiger charge is 2.57. The van der Waals surface area contributed by atoms with Gasteiger partial charge in [-0.2, -0.15) is 0 Å². The average Bonchev–Trinajstić information content (AvgIpc) is 2.37. The van der Waals surface area contributed by atoms with Gasteiger partial charge in [-0.15, -0.1) is 0 Å². The first-order chi connectivity index (χ1) is 5.77. The van der Waals surface area contributed by atoms with E-state index >= 15 is 0 Å². The van der Waals surface area contributed by atoms with Gasteiger partial charge in [0.2, 0.25) is 0 Å². The van der Waals surface area contributed by atoms with Gasteiger partial charge >= 0.3 is 5.97 Å². The van der Waals surface area contributed by atoms with Gasteiger partial charge in [0.1, 0.15) is 0 Å². The molecule has 3 aliphatic carbocycles. The van der Waals surface area contributed by atoms with Gasteiger partial charge in [-0.25, -0.2) is 0 Å². The first kappa shape index (κ1) is 6.63. The number of hydrogen-bond acceptors (Lipinski definition) is 3. The van der Waals surface area contributed by atoms with Crippen molar-refractivity contribution in [2.45, 2.75) is 25.4 Å². The summed E-state index contributed by atoms with van der Waals surface area (Å²) in [5.74, 6) is 0.492. The van der Waals surface area contributed by atoms with Crippen LogP contribution in [0.25, 0.3) is 0 Å². The molecular weight excluding hydrogens is 156 g/mol. The number of carbonyl (C=O) groups excluding carboxylic acids is 2. The molecule has 4 rings (SSSR count). The standard InChI is InChI=1S/C9H10O3/c10-7-4-1-2-5-6(3-4)9(11)12-8(5)7/h4-6,8H,1-3H2. The second kappa shape index (κ2) is 1.90. The third kappa shape index (κ3) is 0.586. The predicted molar refractivity (Wildman–Crippen MR) is 39.2 cm³/mol. The first-order valence-corrected chi connectivity index (χ1v) is 4.51. The number of rotatable bonds is 0. The maximum absolute atomic E-state index is 11.5. The van der Waals surface area contributed by atoms with E-state index < -0.39 is 0 Å². The van der Waals surface area contributed by atoms with E-state index in [0.717, 1.165) is 19.3 Å². The molecule has 3 saturated carbocycles. The lowest BCUT2D eigenvalue weighted by atomic mass is 9.64. The molecule has 3 heteroatoms. The van der Waals surface area contributed by atoms with Crippen LogP contribution < -0.4 is 0 Å². The van der Waals surface area contributed by atoms with Crippen molar-refractivity contribution in [1.29, 1.82) is 0 Å². The zero-order valence-electron chi connectivity index (χ0n) is 6.66. The van der Waals surface area contributed by atoms with Gasteiger partial charge in [-0.1, -0.05) is 0 Å². The Balaban J connectivity index is 2.06. The van der Waals surface area contributed by atoms with Gasteiger partial charge in [0.15, 0.2) is 11.9 Å². The summed E-state index contributed by atoms with van der Waals surface area (Å²) < 4.78 is 5.04. The number of esters is 1. The van der Waals surface area contributed by atoms with E-state index in [-0.39, 0.29) is 35.6 Å². The van der Waals surface area contributed by atoms with E-state index in [0.29, 0.717) is 0 Å². The molecule has 0 aromatic carbocycles. The Morgan fingerprint density at radius 3 is 2.83 bits per heavy atom. The highest BCUT2D eigenvalue weighted by molar-refractivity contribution is 5.94. The molecule has 0 radical (unpaired) electrons. The number of ketones is 1. The molecule has 0 aromatic heterocycles. The minimum atomic E-state index is -0.352. The van der Waals surface area contributed by atoms with Crippen LogP contribution in [0.1, 0.15) is 19.3 Å². The third-order valence-corrected chi connectivity index (χ3v) is 3.52. The molecule has 1 heterocycles. The second-order valence-electron chi connectivity index (χ2n) is 4.04. The van der Waals surface area contributed by atoms with Crippen LogP contribution in [0, 0.1) is 17.8 Å². The van der Waals surface area contributed by atoms with E-state index in [1.54, 1.807) is 0 Å². The Labute approximate surface area is 70.1 Å². The first-order valence-electron chi connectivity index (χ1n) is 4.51. The molecule has 1 saturated heterocycles. The normalized spacial score (nSPS) is 49.7. The zero-order chi connectivity index (χ0) is 8.29. The van der Waals surface area contributed by atoms with Gasteiger partial charge < -0.3 is 4.74 Å². The van der Waals surface area contributed by atoms with Gasteiger partial charge in [0.25, 0.3) is 0 Å². The number of fused-ring (bicyclic) bond motifs is 1. The van der Waals surface area contributed by atoms with Crippen LogP contribution in [0.4, 0.5) is 0 Å². The Bertz CT molecular complexity index is 271. The Morgan fingerprint density at radius 2 is 2.08 bits per heavy atom. The van der Waals surface area contributed by atoms with Crippen LogP contribution in [-0.2, 0) is 14.3 Å². The van der Waals surface area contributed by atoms with Crippen LogP contribution in [0.2, 0.25) is 0 Å². The van der Waals surface area contributed by atoms with Crippen molar-refractivity contribution in [1.82, 2.24) is 0 Å². The molecule has 3 nitrogen and oxygen atoms in total. The second-order valence-corrected chi connectivity index (χ2v) is 4.04. The van der Waals surface area contributed by atoms with Crippen LogP contribution in [0.3, 0.4) is 0 Å². The van der Waals surface area contributed by atoms with E-state index in [9.17, 15) is 9.59 Å². The number of Topliss-reactive ketones (excluding diaryl/α,β-unsaturated/α-hetero) is 1. The maximum Gasteiger partial charge on any atom is 0.310 e. The zero-order valence-corrected chi connectivity index (χ0v) is 6.66. The van der Waals surface area contributed by atoms with Crippen LogP contribution in [0.15, 0.2) is 0 Å². The van der Waals surface area contributed by atoms with Gasteiger partial charge in [-0.3, -0.25) is 9.59 Å². The molecule has 64 valence electrons. The molecule has 0 aromatic rings. The summed E-state index contributed by atoms with van der Waals surface area (Å²) in [6, 6.07) is 0. The molecule has 4 aliphatic rings. The Morgan fingerprint density at radius 1 is 1.25 bits per heavy atom. The molecular formula is C9H10O3. The minimum Gasteiger partial charge on any atom is -0.454 e. The smallest absolute Gasteiger partial charge is 0.310 e. The molecule has 4 bridgehead atoms. The van der Waals surface area contributed by atoms with Crippen molar-refractivity contribution in [2.24, 2.45) is 17.8 Å². The van der Waals surface area contributed by atoms with Crippen molar-refractivity contribution >= 4 is 11.8 Å². The molecule has 4 fully saturated rings. The SMILES string of the molecule is O=C1OC2C(=O)C3CCC2C1C3. The van der Waals surface area contributed by atoms with Gasteiger partial charge in [0.05, 0.1) is 5.92 Å². The van der Waals surface area contributed by atoms with E-state index in [1.807, 2.05) is 0 Å². The average molecular weight is 166 g/mol. The fourth-order valence-electron chi connectivity index (χ4n) is 2.89. The van der Waals surface area contributed by atoms with Crippen molar-refractivity contribution in [3.8, 4) is 0 Å². The molecule has 0 amide bonds. The molecule has 12 heavy (non-hydrogen) atoms. The monoisotopic (exact) mass is 166 g/mol. The number of ether oxygens (including phenoxy) is 1. The summed E-state index contributed by atoms with van der Waals surface area (Å²) in [4.78, 5) is 22.7. The lowest BCUT2D eigenvalue weighted by molar-refractivity contribution is -0.149. The predicted octanol–water partition coefficient (Wildman–Crippen LogP) is 0.527. The summed E-state index contributed by atoms with van der Waals surface area (Å²) >= 11 is 0. The van der Waals surface area contributed by atoms with E-state index in [1.165, 1.54) is 0 Å². The molecule has 4 unspecified atom stereocenters. The van der Waals surface area contributed by atoms with Gasteiger partial charge in [0, 0.05) is 11.8 Å². The lowest BCUT2D eigenvalue weighted by Crippen LogP contribution is -2.44. The summed E-state index contributed by atoms with van der Waals surface area (Å²) in [7, 11) is 0. The third-order valence-electron chi connectivity index (χ3n) is 3.52. The highest BCUT2D eigenvalue weighted by Crippen LogP contribution is 2.49. The minimum absolute atomic E-state index is 0.0615. The molecule has 0 N–H and O–H groups in total. The largest absolute Gasteiger partial charge is 0.454 e. The van der Waals surface area contributed by atoms with E-state index in [2.05, 4.69) is 0 Å². The summed E-state index contributed by atoms with van der Waals surface area (Å²) in [6.07, 6.45) is 2.40. The van der Waals surface area contributed by atoms with Crippen LogP contribution >= 0.6 is 0 Å². The summed E-state index contributed by atoms with van der Waals surface area (Å²) in [5, 5.41) is 0. The van der Waals surface area contributed by atoms with Crippen molar-refractivity contribution in [3.05, 3.63) is 0 Å². The molecule has 4 atom stereocenters. The van der Waals surface area contributed by atoms with Gasteiger partial charge in [-0.05, 0) is 19.3 Å². The summed E-state index contributed by atoms with van der Waals surface area (Å²) in [5.41, 5.74) is 0. The Kier molecular flexibility index (Phi) is 1.05. The van der Waals surface area contributed by atoms with Crippen LogP contribution in [-0.4, -0.2) is 17.9 Å². The fourth-order valence-corrected chi connectivity index (χ4v) is 2.89. The van der Waals surface area contributed by atoms with E-state index in [4.69, 9.17) is 4.74 Å². The lowest BCUT2D eigenvalue weighted by Gasteiger charge is -2.36.